The molecule has 0 spiro atoms. The van der Waals surface area contributed by atoms with Crippen LogP contribution >= 0.6 is 0 Å². The monoisotopic (exact) mass is 349 g/mol. The number of anilines is 1. The van der Waals surface area contributed by atoms with Crippen LogP contribution in [0.5, 0.6) is 17.2 Å². The lowest BCUT2D eigenvalue weighted by atomic mass is 9.91. The molecule has 0 fully saturated rings. The van der Waals surface area contributed by atoms with E-state index in [1.807, 2.05) is 20.8 Å². The first-order valence-electron chi connectivity index (χ1n) is 7.85. The van der Waals surface area contributed by atoms with Crippen molar-refractivity contribution >= 4 is 5.82 Å². The van der Waals surface area contributed by atoms with Crippen LogP contribution in [0.25, 0.3) is 0 Å². The molecule has 0 bridgehead atoms. The summed E-state index contributed by atoms with van der Waals surface area (Å²) >= 11 is 0. The second-order valence-electron chi connectivity index (χ2n) is 6.52. The van der Waals surface area contributed by atoms with E-state index < -0.39 is 11.2 Å². The molecule has 1 N–H and O–H groups in total. The summed E-state index contributed by atoms with van der Waals surface area (Å²) in [6.45, 7) is 6.05. The van der Waals surface area contributed by atoms with Crippen LogP contribution < -0.4 is 19.5 Å². The van der Waals surface area contributed by atoms with E-state index in [0.717, 1.165) is 5.56 Å². The Morgan fingerprint density at radius 1 is 1.00 bits per heavy atom. The molecule has 1 heterocycles. The average molecular weight is 349 g/mol. The van der Waals surface area contributed by atoms with Crippen molar-refractivity contribution in [1.82, 2.24) is 9.97 Å². The molecule has 0 aliphatic carbocycles. The maximum Gasteiger partial charge on any atom is 0.203 e. The predicted octanol–water partition coefficient (Wildman–Crippen LogP) is 3.55. The zero-order valence-corrected chi connectivity index (χ0v) is 15.4. The number of nitrogens with one attached hydrogen (secondary N) is 1. The highest BCUT2D eigenvalue weighted by Gasteiger charge is 2.23. The smallest absolute Gasteiger partial charge is 0.203 e. The summed E-state index contributed by atoms with van der Waals surface area (Å²) in [7, 11) is 4.64. The molecule has 0 amide bonds. The van der Waals surface area contributed by atoms with Gasteiger partial charge in [-0.05, 0) is 17.7 Å². The Bertz CT molecular complexity index is 720. The second kappa shape index (κ2) is 7.55. The second-order valence-corrected chi connectivity index (χ2v) is 6.52. The number of halogens is 1. The number of nitrogens with zero attached hydrogens (tertiary/aromatic N) is 2. The molecule has 6 nitrogen and oxygen atoms in total. The van der Waals surface area contributed by atoms with Crippen LogP contribution in [-0.4, -0.2) is 31.3 Å². The van der Waals surface area contributed by atoms with E-state index in [-0.39, 0.29) is 5.82 Å². The van der Waals surface area contributed by atoms with E-state index in [1.54, 1.807) is 33.5 Å². The fourth-order valence-electron chi connectivity index (χ4n) is 2.44. The van der Waals surface area contributed by atoms with Crippen LogP contribution in [-0.2, 0) is 12.0 Å². The van der Waals surface area contributed by atoms with E-state index in [2.05, 4.69) is 15.3 Å². The summed E-state index contributed by atoms with van der Waals surface area (Å²) in [6, 6.07) is 3.61. The molecule has 0 atom stereocenters. The molecule has 0 aliphatic heterocycles. The van der Waals surface area contributed by atoms with Crippen LogP contribution in [0.15, 0.2) is 18.5 Å². The molecular weight excluding hydrogens is 325 g/mol. The van der Waals surface area contributed by atoms with Gasteiger partial charge >= 0.3 is 0 Å². The fourth-order valence-corrected chi connectivity index (χ4v) is 2.44. The lowest BCUT2D eigenvalue weighted by Gasteiger charge is -2.19. The van der Waals surface area contributed by atoms with Gasteiger partial charge in [-0.3, -0.25) is 0 Å². The molecule has 2 aromatic rings. The van der Waals surface area contributed by atoms with Gasteiger partial charge in [-0.15, -0.1) is 0 Å². The number of hydrogen-bond acceptors (Lipinski definition) is 6. The summed E-state index contributed by atoms with van der Waals surface area (Å²) in [6.07, 6.45) is 1.36. The Kier molecular flexibility index (Phi) is 5.66. The van der Waals surface area contributed by atoms with Crippen molar-refractivity contribution in [2.45, 2.75) is 32.7 Å². The summed E-state index contributed by atoms with van der Waals surface area (Å²) < 4.78 is 30.6. The number of hydrogen-bond donors (Lipinski definition) is 1. The maximum absolute atomic E-state index is 14.6. The summed E-state index contributed by atoms with van der Waals surface area (Å²) in [4.78, 5) is 8.06. The molecule has 1 aromatic heterocycles. The molecule has 2 rings (SSSR count). The predicted molar refractivity (Wildman–Crippen MR) is 94.1 cm³/mol. The van der Waals surface area contributed by atoms with Crippen molar-refractivity contribution in [2.75, 3.05) is 26.6 Å². The minimum Gasteiger partial charge on any atom is -0.493 e. The quantitative estimate of drug-likeness (QED) is 0.860. The molecule has 0 saturated heterocycles. The lowest BCUT2D eigenvalue weighted by molar-refractivity contribution is 0.324. The average Bonchev–Trinajstić information content (AvgIpc) is 2.58. The van der Waals surface area contributed by atoms with E-state index in [9.17, 15) is 4.39 Å². The van der Waals surface area contributed by atoms with Gasteiger partial charge in [0.05, 0.1) is 27.0 Å². The van der Waals surface area contributed by atoms with Crippen molar-refractivity contribution < 1.29 is 18.6 Å². The minimum atomic E-state index is -0.442. The van der Waals surface area contributed by atoms with Gasteiger partial charge in [-0.2, -0.15) is 0 Å². The van der Waals surface area contributed by atoms with Crippen molar-refractivity contribution in [3.05, 3.63) is 35.5 Å². The standard InChI is InChI=1S/C18H24FN3O3/c1-18(2,3)16-14(19)17(22-10-21-16)20-9-11-7-12(23-4)15(25-6)13(8-11)24-5/h7-8,10H,9H2,1-6H3,(H,20,21,22). The SMILES string of the molecule is COc1cc(CNc2ncnc(C(C)(C)C)c2F)cc(OC)c1OC. The highest BCUT2D eigenvalue weighted by Crippen LogP contribution is 2.38. The van der Waals surface area contributed by atoms with Crippen LogP contribution in [0.4, 0.5) is 10.2 Å². The Balaban J connectivity index is 2.28. The lowest BCUT2D eigenvalue weighted by Crippen LogP contribution is -2.18. The summed E-state index contributed by atoms with van der Waals surface area (Å²) in [5.41, 5.74) is 0.801. The van der Waals surface area contributed by atoms with E-state index >= 15 is 0 Å². The fraction of sp³-hybridized carbons (Fsp3) is 0.444. The van der Waals surface area contributed by atoms with Gasteiger partial charge in [0.15, 0.2) is 23.1 Å². The van der Waals surface area contributed by atoms with Gasteiger partial charge < -0.3 is 19.5 Å². The van der Waals surface area contributed by atoms with Gasteiger partial charge in [0.1, 0.15) is 6.33 Å². The number of rotatable bonds is 6. The molecule has 0 radical (unpaired) electrons. The molecule has 0 unspecified atom stereocenters. The highest BCUT2D eigenvalue weighted by molar-refractivity contribution is 5.54. The largest absolute Gasteiger partial charge is 0.493 e. The third-order valence-corrected chi connectivity index (χ3v) is 3.68. The summed E-state index contributed by atoms with van der Waals surface area (Å²) in [5, 5.41) is 3.00. The zero-order valence-electron chi connectivity index (χ0n) is 15.4. The first kappa shape index (κ1) is 18.8. The number of ether oxygens (including phenoxy) is 3. The van der Waals surface area contributed by atoms with Crippen molar-refractivity contribution in [3.8, 4) is 17.2 Å². The Morgan fingerprint density at radius 2 is 1.60 bits per heavy atom. The van der Waals surface area contributed by atoms with E-state index in [1.165, 1.54) is 6.33 Å². The third-order valence-electron chi connectivity index (χ3n) is 3.68. The van der Waals surface area contributed by atoms with Gasteiger partial charge in [-0.25, -0.2) is 14.4 Å². The Labute approximate surface area is 147 Å². The Hall–Kier alpha value is -2.57. The van der Waals surface area contributed by atoms with E-state index in [4.69, 9.17) is 14.2 Å². The van der Waals surface area contributed by atoms with Crippen LogP contribution in [0.2, 0.25) is 0 Å². The maximum atomic E-state index is 14.6. The van der Waals surface area contributed by atoms with Crippen molar-refractivity contribution in [2.24, 2.45) is 0 Å². The van der Waals surface area contributed by atoms with Gasteiger partial charge in [0.25, 0.3) is 0 Å². The van der Waals surface area contributed by atoms with Crippen LogP contribution in [0, 0.1) is 5.82 Å². The molecule has 7 heteroatoms. The first-order valence-corrected chi connectivity index (χ1v) is 7.85. The third kappa shape index (κ3) is 4.10. The van der Waals surface area contributed by atoms with Gasteiger partial charge in [0, 0.05) is 12.0 Å². The minimum absolute atomic E-state index is 0.161. The van der Waals surface area contributed by atoms with Gasteiger partial charge in [-0.1, -0.05) is 20.8 Å². The molecule has 0 aliphatic rings. The molecule has 1 aromatic carbocycles. The normalized spacial score (nSPS) is 11.2. The number of methoxy groups -OCH3 is 3. The summed E-state index contributed by atoms with van der Waals surface area (Å²) in [5.74, 6) is 1.31. The molecule has 136 valence electrons. The Morgan fingerprint density at radius 3 is 2.08 bits per heavy atom. The highest BCUT2D eigenvalue weighted by atomic mass is 19.1. The van der Waals surface area contributed by atoms with Crippen molar-refractivity contribution in [1.29, 1.82) is 0 Å². The van der Waals surface area contributed by atoms with Gasteiger partial charge in [0.2, 0.25) is 5.75 Å². The molecular formula is C18H24FN3O3. The van der Waals surface area contributed by atoms with E-state index in [0.29, 0.717) is 29.5 Å². The van der Waals surface area contributed by atoms with Crippen LogP contribution in [0.1, 0.15) is 32.0 Å². The zero-order chi connectivity index (χ0) is 18.6. The topological polar surface area (TPSA) is 65.5 Å². The number of aromatic nitrogens is 2. The first-order chi connectivity index (χ1) is 11.8. The number of benzene rings is 1. The van der Waals surface area contributed by atoms with Crippen molar-refractivity contribution in [3.63, 3.8) is 0 Å². The molecule has 0 saturated carbocycles. The molecule has 25 heavy (non-hydrogen) atoms. The van der Waals surface area contributed by atoms with Crippen LogP contribution in [0.3, 0.4) is 0 Å².